The van der Waals surface area contributed by atoms with Gasteiger partial charge in [-0.25, -0.2) is 9.18 Å². The number of carbonyl (C=O) groups excluding carboxylic acids is 1. The fourth-order valence-electron chi connectivity index (χ4n) is 2.71. The zero-order valence-electron chi connectivity index (χ0n) is 12.0. The molecule has 0 spiro atoms. The molecule has 1 aliphatic heterocycles. The number of nitrogens with zero attached hydrogens (tertiary/aromatic N) is 1. The van der Waals surface area contributed by atoms with Crippen LogP contribution in [0.2, 0.25) is 0 Å². The second-order valence-corrected chi connectivity index (χ2v) is 5.56. The maximum absolute atomic E-state index is 14.1. The molecule has 0 bridgehead atoms. The molecular formula is C16H18FNO3. The van der Waals surface area contributed by atoms with Crippen molar-refractivity contribution < 1.29 is 19.1 Å². The van der Waals surface area contributed by atoms with Crippen molar-refractivity contribution >= 4 is 18.0 Å². The summed E-state index contributed by atoms with van der Waals surface area (Å²) in [5.41, 5.74) is 0.442. The van der Waals surface area contributed by atoms with Gasteiger partial charge >= 0.3 is 5.97 Å². The van der Waals surface area contributed by atoms with Gasteiger partial charge in [0, 0.05) is 18.7 Å². The highest BCUT2D eigenvalue weighted by Gasteiger charge is 2.31. The van der Waals surface area contributed by atoms with Gasteiger partial charge in [-0.3, -0.25) is 4.79 Å². The van der Waals surface area contributed by atoms with Gasteiger partial charge in [0.1, 0.15) is 5.82 Å². The predicted molar refractivity (Wildman–Crippen MR) is 77.3 cm³/mol. The Morgan fingerprint density at radius 1 is 1.38 bits per heavy atom. The van der Waals surface area contributed by atoms with Crippen molar-refractivity contribution in [2.45, 2.75) is 26.3 Å². The number of carbonyl (C=O) groups is 2. The lowest BCUT2D eigenvalue weighted by molar-refractivity contribution is -0.131. The third kappa shape index (κ3) is 3.48. The molecule has 5 heteroatoms. The predicted octanol–water partition coefficient (Wildman–Crippen LogP) is 2.79. The monoisotopic (exact) mass is 291 g/mol. The molecule has 4 nitrogen and oxygen atoms in total. The highest BCUT2D eigenvalue weighted by molar-refractivity contribution is 5.95. The summed E-state index contributed by atoms with van der Waals surface area (Å²) in [5.74, 6) is -1.61. The fraction of sp³-hybridized carbons (Fsp3) is 0.375. The van der Waals surface area contributed by atoms with E-state index in [-0.39, 0.29) is 17.5 Å². The fourth-order valence-corrected chi connectivity index (χ4v) is 2.71. The maximum atomic E-state index is 14.1. The zero-order chi connectivity index (χ0) is 15.6. The van der Waals surface area contributed by atoms with Crippen LogP contribution < -0.4 is 0 Å². The second-order valence-electron chi connectivity index (χ2n) is 5.56. The molecule has 112 valence electrons. The molecule has 21 heavy (non-hydrogen) atoms. The molecule has 2 atom stereocenters. The Labute approximate surface area is 122 Å². The molecule has 2 rings (SSSR count). The second kappa shape index (κ2) is 6.08. The third-order valence-corrected chi connectivity index (χ3v) is 3.69. The number of rotatable bonds is 3. The van der Waals surface area contributed by atoms with Gasteiger partial charge < -0.3 is 10.0 Å². The minimum absolute atomic E-state index is 0.0309. The van der Waals surface area contributed by atoms with Crippen LogP contribution >= 0.6 is 0 Å². The molecule has 0 aliphatic carbocycles. The summed E-state index contributed by atoms with van der Waals surface area (Å²) in [4.78, 5) is 24.5. The standard InChI is InChI=1S/C16H18FNO3/c1-10-7-11(2)18(9-10)16(21)13-5-3-12(8-14(13)17)4-6-15(19)20/h3-6,8,10-11H,7,9H2,1-2H3,(H,19,20)/b6-4+. The Morgan fingerprint density at radius 2 is 2.10 bits per heavy atom. The minimum Gasteiger partial charge on any atom is -0.478 e. The van der Waals surface area contributed by atoms with E-state index in [1.807, 2.05) is 6.92 Å². The van der Waals surface area contributed by atoms with Crippen molar-refractivity contribution in [3.63, 3.8) is 0 Å². The largest absolute Gasteiger partial charge is 0.478 e. The molecule has 1 fully saturated rings. The summed E-state index contributed by atoms with van der Waals surface area (Å²) in [5, 5.41) is 8.54. The molecule has 0 radical (unpaired) electrons. The van der Waals surface area contributed by atoms with Gasteiger partial charge in [0.25, 0.3) is 5.91 Å². The van der Waals surface area contributed by atoms with Crippen LogP contribution in [0.15, 0.2) is 24.3 Å². The van der Waals surface area contributed by atoms with Crippen molar-refractivity contribution in [3.05, 3.63) is 41.2 Å². The van der Waals surface area contributed by atoms with Crippen LogP contribution in [0.25, 0.3) is 6.08 Å². The summed E-state index contributed by atoms with van der Waals surface area (Å²) in [7, 11) is 0. The lowest BCUT2D eigenvalue weighted by Gasteiger charge is -2.21. The van der Waals surface area contributed by atoms with Gasteiger partial charge in [-0.15, -0.1) is 0 Å². The quantitative estimate of drug-likeness (QED) is 0.871. The lowest BCUT2D eigenvalue weighted by Crippen LogP contribution is -2.34. The first-order valence-corrected chi connectivity index (χ1v) is 6.90. The molecule has 1 aromatic carbocycles. The Balaban J connectivity index is 2.21. The zero-order valence-corrected chi connectivity index (χ0v) is 12.0. The van der Waals surface area contributed by atoms with E-state index in [9.17, 15) is 14.0 Å². The Bertz CT molecular complexity index is 597. The molecule has 0 aromatic heterocycles. The first-order valence-electron chi connectivity index (χ1n) is 6.90. The SMILES string of the molecule is CC1CC(C)N(C(=O)c2ccc(/C=C/C(=O)O)cc2F)C1. The topological polar surface area (TPSA) is 57.6 Å². The summed E-state index contributed by atoms with van der Waals surface area (Å²) < 4.78 is 14.1. The molecule has 1 aliphatic rings. The van der Waals surface area contributed by atoms with Gasteiger partial charge in [-0.1, -0.05) is 13.0 Å². The summed E-state index contributed by atoms with van der Waals surface area (Å²) >= 11 is 0. The Kier molecular flexibility index (Phi) is 4.40. The van der Waals surface area contributed by atoms with E-state index in [1.54, 1.807) is 11.0 Å². The van der Waals surface area contributed by atoms with E-state index in [1.165, 1.54) is 18.2 Å². The number of hydrogen-bond donors (Lipinski definition) is 1. The van der Waals surface area contributed by atoms with Crippen LogP contribution in [0.1, 0.15) is 36.2 Å². The van der Waals surface area contributed by atoms with E-state index in [2.05, 4.69) is 6.92 Å². The Hall–Kier alpha value is -2.17. The normalized spacial score (nSPS) is 22.0. The summed E-state index contributed by atoms with van der Waals surface area (Å²) in [6.07, 6.45) is 3.15. The molecule has 1 N–H and O–H groups in total. The lowest BCUT2D eigenvalue weighted by atomic mass is 10.1. The van der Waals surface area contributed by atoms with Gasteiger partial charge in [-0.05, 0) is 43.0 Å². The summed E-state index contributed by atoms with van der Waals surface area (Å²) in [6, 6.07) is 4.24. The number of benzene rings is 1. The molecule has 1 saturated heterocycles. The van der Waals surface area contributed by atoms with Crippen molar-refractivity contribution in [1.29, 1.82) is 0 Å². The molecule has 1 heterocycles. The number of hydrogen-bond acceptors (Lipinski definition) is 2. The number of halogens is 1. The van der Waals surface area contributed by atoms with Crippen LogP contribution in [-0.2, 0) is 4.79 Å². The number of carboxylic acid groups (broad SMARTS) is 1. The van der Waals surface area contributed by atoms with Crippen molar-refractivity contribution in [1.82, 2.24) is 4.90 Å². The third-order valence-electron chi connectivity index (χ3n) is 3.69. The Morgan fingerprint density at radius 3 is 2.62 bits per heavy atom. The van der Waals surface area contributed by atoms with Crippen molar-refractivity contribution in [3.8, 4) is 0 Å². The average Bonchev–Trinajstić information content (AvgIpc) is 2.75. The van der Waals surface area contributed by atoms with E-state index < -0.39 is 11.8 Å². The molecule has 2 unspecified atom stereocenters. The highest BCUT2D eigenvalue weighted by Crippen LogP contribution is 2.25. The number of likely N-dealkylation sites (tertiary alicyclic amines) is 1. The van der Waals surface area contributed by atoms with E-state index in [4.69, 9.17) is 5.11 Å². The first kappa shape index (κ1) is 15.2. The van der Waals surface area contributed by atoms with Gasteiger partial charge in [0.15, 0.2) is 0 Å². The van der Waals surface area contributed by atoms with Crippen LogP contribution in [0.4, 0.5) is 4.39 Å². The average molecular weight is 291 g/mol. The molecule has 1 amide bonds. The van der Waals surface area contributed by atoms with E-state index in [0.29, 0.717) is 18.0 Å². The van der Waals surface area contributed by atoms with Crippen LogP contribution in [-0.4, -0.2) is 34.5 Å². The van der Waals surface area contributed by atoms with Gasteiger partial charge in [-0.2, -0.15) is 0 Å². The molecule has 0 saturated carbocycles. The van der Waals surface area contributed by atoms with Crippen LogP contribution in [0.5, 0.6) is 0 Å². The summed E-state index contributed by atoms with van der Waals surface area (Å²) in [6.45, 7) is 4.67. The van der Waals surface area contributed by atoms with Gasteiger partial charge in [0.2, 0.25) is 0 Å². The molecule has 1 aromatic rings. The van der Waals surface area contributed by atoms with Crippen LogP contribution in [0.3, 0.4) is 0 Å². The molecular weight excluding hydrogens is 273 g/mol. The first-order chi connectivity index (χ1) is 9.88. The highest BCUT2D eigenvalue weighted by atomic mass is 19.1. The van der Waals surface area contributed by atoms with E-state index in [0.717, 1.165) is 12.5 Å². The van der Waals surface area contributed by atoms with Crippen molar-refractivity contribution in [2.75, 3.05) is 6.54 Å². The number of amides is 1. The van der Waals surface area contributed by atoms with Crippen LogP contribution in [0, 0.1) is 11.7 Å². The smallest absolute Gasteiger partial charge is 0.328 e. The number of carboxylic acids is 1. The van der Waals surface area contributed by atoms with Crippen molar-refractivity contribution in [2.24, 2.45) is 5.92 Å². The number of aliphatic carboxylic acids is 1. The minimum atomic E-state index is -1.10. The van der Waals surface area contributed by atoms with Gasteiger partial charge in [0.05, 0.1) is 5.56 Å². The maximum Gasteiger partial charge on any atom is 0.328 e. The van der Waals surface area contributed by atoms with E-state index >= 15 is 0 Å².